The fourth-order valence-corrected chi connectivity index (χ4v) is 2.09. The maximum Gasteiger partial charge on any atom is 0.273 e. The zero-order valence-corrected chi connectivity index (χ0v) is 10.9. The van der Waals surface area contributed by atoms with Crippen LogP contribution in [0.15, 0.2) is 22.7 Å². The molecule has 7 nitrogen and oxygen atoms in total. The molecule has 1 aromatic carbocycles. The Morgan fingerprint density at radius 1 is 1.50 bits per heavy atom. The first-order valence-corrected chi connectivity index (χ1v) is 6.41. The van der Waals surface area contributed by atoms with Gasteiger partial charge in [0.2, 0.25) is 0 Å². The lowest BCUT2D eigenvalue weighted by molar-refractivity contribution is -0.385. The summed E-state index contributed by atoms with van der Waals surface area (Å²) < 4.78 is 5.16. The summed E-state index contributed by atoms with van der Waals surface area (Å²) >= 11 is 0. The van der Waals surface area contributed by atoms with E-state index in [1.807, 2.05) is 0 Å². The van der Waals surface area contributed by atoms with E-state index in [2.05, 4.69) is 10.1 Å². The molecule has 104 valence electrons. The summed E-state index contributed by atoms with van der Waals surface area (Å²) in [6.07, 6.45) is 2.17. The maximum absolute atomic E-state index is 10.9. The summed E-state index contributed by atoms with van der Waals surface area (Å²) in [4.78, 5) is 14.8. The van der Waals surface area contributed by atoms with Gasteiger partial charge in [0.1, 0.15) is 0 Å². The molecular weight excluding hydrogens is 260 g/mol. The first-order chi connectivity index (χ1) is 9.56. The zero-order chi connectivity index (χ0) is 14.3. The molecule has 1 unspecified atom stereocenters. The number of aromatic nitrogens is 2. The molecule has 0 amide bonds. The molecule has 20 heavy (non-hydrogen) atoms. The Bertz CT molecular complexity index is 663. The van der Waals surface area contributed by atoms with E-state index in [4.69, 9.17) is 10.3 Å². The monoisotopic (exact) mass is 274 g/mol. The van der Waals surface area contributed by atoms with E-state index in [9.17, 15) is 10.1 Å². The zero-order valence-electron chi connectivity index (χ0n) is 10.9. The number of aryl methyl sites for hydroxylation is 1. The summed E-state index contributed by atoms with van der Waals surface area (Å²) in [5, 5.41) is 14.8. The van der Waals surface area contributed by atoms with Crippen LogP contribution in [-0.2, 0) is 0 Å². The van der Waals surface area contributed by atoms with Crippen LogP contribution in [0.25, 0.3) is 11.5 Å². The van der Waals surface area contributed by atoms with Crippen molar-refractivity contribution in [2.24, 2.45) is 11.7 Å². The third-order valence-electron chi connectivity index (χ3n) is 3.52. The van der Waals surface area contributed by atoms with Crippen LogP contribution >= 0.6 is 0 Å². The van der Waals surface area contributed by atoms with Crippen LogP contribution in [0, 0.1) is 23.0 Å². The number of nitrogens with zero attached hydrogens (tertiary/aromatic N) is 3. The quantitative estimate of drug-likeness (QED) is 0.677. The number of nitrogens with two attached hydrogens (primary N) is 1. The van der Waals surface area contributed by atoms with Crippen molar-refractivity contribution in [2.45, 2.75) is 25.8 Å². The highest BCUT2D eigenvalue weighted by Gasteiger charge is 2.32. The summed E-state index contributed by atoms with van der Waals surface area (Å²) in [6.45, 7) is 1.68. The van der Waals surface area contributed by atoms with Crippen molar-refractivity contribution >= 4 is 5.69 Å². The number of benzene rings is 1. The van der Waals surface area contributed by atoms with Gasteiger partial charge in [-0.1, -0.05) is 11.2 Å². The highest BCUT2D eigenvalue weighted by atomic mass is 16.6. The standard InChI is InChI=1S/C13H14N4O3/c1-7-2-3-9(6-10(7)17(18)19)13-15-12(16-20-13)11(14)8-4-5-8/h2-3,6,8,11H,4-5,14H2,1H3. The van der Waals surface area contributed by atoms with Gasteiger partial charge in [-0.05, 0) is 31.7 Å². The molecule has 2 aromatic rings. The van der Waals surface area contributed by atoms with Crippen LogP contribution in [0.1, 0.15) is 30.3 Å². The third kappa shape index (κ3) is 2.27. The second-order valence-corrected chi connectivity index (χ2v) is 5.08. The fourth-order valence-electron chi connectivity index (χ4n) is 2.09. The van der Waals surface area contributed by atoms with Crippen molar-refractivity contribution in [1.29, 1.82) is 0 Å². The second kappa shape index (κ2) is 4.68. The van der Waals surface area contributed by atoms with Crippen LogP contribution in [-0.4, -0.2) is 15.1 Å². The fraction of sp³-hybridized carbons (Fsp3) is 0.385. The van der Waals surface area contributed by atoms with Crippen molar-refractivity contribution in [2.75, 3.05) is 0 Å². The van der Waals surface area contributed by atoms with Gasteiger partial charge in [-0.25, -0.2) is 0 Å². The highest BCUT2D eigenvalue weighted by Crippen LogP contribution is 2.38. The van der Waals surface area contributed by atoms with E-state index in [0.29, 0.717) is 22.9 Å². The van der Waals surface area contributed by atoms with Crippen molar-refractivity contribution in [3.05, 3.63) is 39.7 Å². The smallest absolute Gasteiger partial charge is 0.273 e. The van der Waals surface area contributed by atoms with Gasteiger partial charge in [0.25, 0.3) is 11.6 Å². The maximum atomic E-state index is 10.9. The van der Waals surface area contributed by atoms with Gasteiger partial charge in [0.05, 0.1) is 11.0 Å². The van der Waals surface area contributed by atoms with Gasteiger partial charge in [-0.2, -0.15) is 4.98 Å². The molecule has 0 radical (unpaired) electrons. The average molecular weight is 274 g/mol. The molecule has 7 heteroatoms. The Kier molecular flexibility index (Phi) is 2.98. The minimum Gasteiger partial charge on any atom is -0.334 e. The van der Waals surface area contributed by atoms with Gasteiger partial charge < -0.3 is 10.3 Å². The van der Waals surface area contributed by atoms with E-state index >= 15 is 0 Å². The van der Waals surface area contributed by atoms with Crippen LogP contribution in [0.2, 0.25) is 0 Å². The molecule has 0 saturated heterocycles. The molecule has 1 saturated carbocycles. The van der Waals surface area contributed by atoms with Crippen molar-refractivity contribution < 1.29 is 9.45 Å². The molecule has 1 heterocycles. The van der Waals surface area contributed by atoms with Gasteiger partial charge in [0.15, 0.2) is 5.82 Å². The van der Waals surface area contributed by atoms with E-state index in [1.165, 1.54) is 6.07 Å². The van der Waals surface area contributed by atoms with E-state index < -0.39 is 4.92 Å². The Balaban J connectivity index is 1.92. The lowest BCUT2D eigenvalue weighted by Crippen LogP contribution is -2.13. The number of nitro groups is 1. The van der Waals surface area contributed by atoms with Crippen LogP contribution in [0.3, 0.4) is 0 Å². The van der Waals surface area contributed by atoms with E-state index in [1.54, 1.807) is 19.1 Å². The van der Waals surface area contributed by atoms with Crippen molar-refractivity contribution in [1.82, 2.24) is 10.1 Å². The molecule has 1 aliphatic rings. The first-order valence-electron chi connectivity index (χ1n) is 6.41. The summed E-state index contributed by atoms with van der Waals surface area (Å²) in [5.41, 5.74) is 7.16. The van der Waals surface area contributed by atoms with E-state index in [-0.39, 0.29) is 17.6 Å². The van der Waals surface area contributed by atoms with Crippen molar-refractivity contribution in [3.63, 3.8) is 0 Å². The average Bonchev–Trinajstić information content (AvgIpc) is 3.15. The lowest BCUT2D eigenvalue weighted by atomic mass is 10.1. The lowest BCUT2D eigenvalue weighted by Gasteiger charge is -2.02. The first kappa shape index (κ1) is 12.7. The molecule has 1 aromatic heterocycles. The minimum atomic E-state index is -0.425. The Morgan fingerprint density at radius 3 is 2.90 bits per heavy atom. The number of hydrogen-bond acceptors (Lipinski definition) is 6. The minimum absolute atomic E-state index is 0.0359. The van der Waals surface area contributed by atoms with Gasteiger partial charge in [0, 0.05) is 17.2 Å². The predicted octanol–water partition coefficient (Wildman–Crippen LogP) is 2.36. The third-order valence-corrected chi connectivity index (χ3v) is 3.52. The van der Waals surface area contributed by atoms with Crippen LogP contribution < -0.4 is 5.73 Å². The summed E-state index contributed by atoms with van der Waals surface area (Å²) in [6, 6.07) is 4.61. The Hall–Kier alpha value is -2.28. The Morgan fingerprint density at radius 2 is 2.25 bits per heavy atom. The second-order valence-electron chi connectivity index (χ2n) is 5.08. The molecule has 1 atom stereocenters. The molecule has 2 N–H and O–H groups in total. The predicted molar refractivity (Wildman–Crippen MR) is 70.8 cm³/mol. The van der Waals surface area contributed by atoms with Crippen molar-refractivity contribution in [3.8, 4) is 11.5 Å². The molecule has 3 rings (SSSR count). The van der Waals surface area contributed by atoms with Crippen LogP contribution in [0.5, 0.6) is 0 Å². The summed E-state index contributed by atoms with van der Waals surface area (Å²) in [7, 11) is 0. The number of hydrogen-bond donors (Lipinski definition) is 1. The van der Waals surface area contributed by atoms with Gasteiger partial charge in [-0.15, -0.1) is 0 Å². The van der Waals surface area contributed by atoms with Gasteiger partial charge in [-0.3, -0.25) is 10.1 Å². The molecular formula is C13H14N4O3. The normalized spacial score (nSPS) is 16.1. The summed E-state index contributed by atoms with van der Waals surface area (Å²) in [5.74, 6) is 1.15. The number of rotatable bonds is 4. The molecule has 1 fully saturated rings. The molecule has 0 bridgehead atoms. The Labute approximate surface area is 114 Å². The molecule has 0 aliphatic heterocycles. The van der Waals surface area contributed by atoms with Gasteiger partial charge >= 0.3 is 0 Å². The largest absolute Gasteiger partial charge is 0.334 e. The number of nitro benzene ring substituents is 1. The SMILES string of the molecule is Cc1ccc(-c2nc(C(N)C3CC3)no2)cc1[N+](=O)[O-]. The van der Waals surface area contributed by atoms with Crippen LogP contribution in [0.4, 0.5) is 5.69 Å². The van der Waals surface area contributed by atoms with E-state index in [0.717, 1.165) is 12.8 Å². The topological polar surface area (TPSA) is 108 Å². The molecule has 1 aliphatic carbocycles. The highest BCUT2D eigenvalue weighted by molar-refractivity contribution is 5.59. The molecule has 0 spiro atoms.